The lowest BCUT2D eigenvalue weighted by Crippen LogP contribution is -2.21. The molecule has 0 spiro atoms. The van der Waals surface area contributed by atoms with E-state index in [1.54, 1.807) is 0 Å². The minimum atomic E-state index is 0.231. The summed E-state index contributed by atoms with van der Waals surface area (Å²) in [7, 11) is 0. The fourth-order valence-corrected chi connectivity index (χ4v) is 1.39. The second kappa shape index (κ2) is 6.56. The molecule has 0 bridgehead atoms. The third-order valence-electron chi connectivity index (χ3n) is 2.34. The number of halogens is 1. The molecule has 0 aliphatic carbocycles. The van der Waals surface area contributed by atoms with Gasteiger partial charge in [-0.05, 0) is 30.5 Å². The minimum Gasteiger partial charge on any atom is -0.488 e. The molecule has 2 nitrogen and oxygen atoms in total. The smallest absolute Gasteiger partial charge is 0.123 e. The van der Waals surface area contributed by atoms with Crippen molar-refractivity contribution in [2.75, 3.05) is 6.61 Å². The van der Waals surface area contributed by atoms with Crippen LogP contribution in [0.4, 0.5) is 0 Å². The van der Waals surface area contributed by atoms with Crippen molar-refractivity contribution in [1.82, 2.24) is 0 Å². The Morgan fingerprint density at radius 2 is 2.06 bits per heavy atom. The highest BCUT2D eigenvalue weighted by molar-refractivity contribution is 6.29. The zero-order valence-corrected chi connectivity index (χ0v) is 10.3. The molecular weight excluding hydrogens is 222 g/mol. The summed E-state index contributed by atoms with van der Waals surface area (Å²) < 4.78 is 5.39. The van der Waals surface area contributed by atoms with E-state index in [0.29, 0.717) is 11.6 Å². The molecule has 1 aromatic carbocycles. The van der Waals surface area contributed by atoms with Crippen LogP contribution in [0.1, 0.15) is 18.9 Å². The van der Waals surface area contributed by atoms with Gasteiger partial charge in [0.05, 0.1) is 0 Å². The highest BCUT2D eigenvalue weighted by Crippen LogP contribution is 2.14. The Labute approximate surface area is 102 Å². The molecule has 0 aromatic heterocycles. The van der Waals surface area contributed by atoms with Crippen LogP contribution in [0.5, 0.6) is 5.75 Å². The van der Waals surface area contributed by atoms with Crippen molar-refractivity contribution in [2.24, 2.45) is 5.73 Å². The van der Waals surface area contributed by atoms with Crippen molar-refractivity contribution in [2.45, 2.75) is 25.8 Å². The van der Waals surface area contributed by atoms with Crippen molar-refractivity contribution >= 4 is 11.6 Å². The van der Waals surface area contributed by atoms with Crippen LogP contribution in [-0.2, 0) is 6.42 Å². The monoisotopic (exact) mass is 239 g/mol. The van der Waals surface area contributed by atoms with Crippen LogP contribution >= 0.6 is 11.6 Å². The first kappa shape index (κ1) is 13.1. The summed E-state index contributed by atoms with van der Waals surface area (Å²) in [6.07, 6.45) is 1.89. The fraction of sp³-hybridized carbons (Fsp3) is 0.385. The van der Waals surface area contributed by atoms with Gasteiger partial charge in [0.2, 0.25) is 0 Å². The van der Waals surface area contributed by atoms with E-state index in [2.05, 4.69) is 13.5 Å². The van der Waals surface area contributed by atoms with Crippen LogP contribution in [0.15, 0.2) is 35.9 Å². The average Bonchev–Trinajstić information content (AvgIpc) is 2.28. The Bertz CT molecular complexity index is 334. The van der Waals surface area contributed by atoms with E-state index in [4.69, 9.17) is 22.1 Å². The minimum absolute atomic E-state index is 0.231. The molecule has 0 aliphatic heterocycles. The maximum atomic E-state index is 5.88. The molecule has 0 heterocycles. The number of benzene rings is 1. The molecule has 0 fully saturated rings. The summed E-state index contributed by atoms with van der Waals surface area (Å²) >= 11 is 5.61. The Kier molecular flexibility index (Phi) is 5.36. The Morgan fingerprint density at radius 3 is 2.56 bits per heavy atom. The molecular formula is C13H18ClNO. The van der Waals surface area contributed by atoms with Crippen molar-refractivity contribution in [3.05, 3.63) is 41.4 Å². The van der Waals surface area contributed by atoms with Crippen LogP contribution in [0.2, 0.25) is 0 Å². The zero-order chi connectivity index (χ0) is 12.0. The lowest BCUT2D eigenvalue weighted by molar-refractivity contribution is 0.359. The highest BCUT2D eigenvalue weighted by Gasteiger charge is 2.01. The third-order valence-corrected chi connectivity index (χ3v) is 2.45. The van der Waals surface area contributed by atoms with Crippen LogP contribution < -0.4 is 10.5 Å². The van der Waals surface area contributed by atoms with Crippen LogP contribution in [0.3, 0.4) is 0 Å². The number of hydrogen-bond donors (Lipinski definition) is 1. The van der Waals surface area contributed by atoms with E-state index >= 15 is 0 Å². The maximum Gasteiger partial charge on any atom is 0.123 e. The first-order chi connectivity index (χ1) is 7.61. The van der Waals surface area contributed by atoms with Gasteiger partial charge in [-0.15, -0.1) is 0 Å². The fourth-order valence-electron chi connectivity index (χ4n) is 1.33. The summed E-state index contributed by atoms with van der Waals surface area (Å²) in [5.41, 5.74) is 7.11. The van der Waals surface area contributed by atoms with E-state index in [0.717, 1.165) is 18.6 Å². The van der Waals surface area contributed by atoms with Crippen molar-refractivity contribution < 1.29 is 4.74 Å². The summed E-state index contributed by atoms with van der Waals surface area (Å²) in [5.74, 6) is 0.801. The molecule has 1 rings (SSSR count). The van der Waals surface area contributed by atoms with Crippen molar-refractivity contribution in [1.29, 1.82) is 0 Å². The lowest BCUT2D eigenvalue weighted by Gasteiger charge is -2.09. The third kappa shape index (κ3) is 4.69. The topological polar surface area (TPSA) is 35.2 Å². The largest absolute Gasteiger partial charge is 0.488 e. The molecule has 0 saturated heterocycles. The van der Waals surface area contributed by atoms with E-state index in [1.807, 2.05) is 24.3 Å². The van der Waals surface area contributed by atoms with Gasteiger partial charge in [0.1, 0.15) is 12.4 Å². The van der Waals surface area contributed by atoms with E-state index in [1.165, 1.54) is 5.56 Å². The second-order valence-corrected chi connectivity index (χ2v) is 4.36. The van der Waals surface area contributed by atoms with Gasteiger partial charge in [-0.2, -0.15) is 0 Å². The molecule has 0 radical (unpaired) electrons. The van der Waals surface area contributed by atoms with Crippen LogP contribution in [0, 0.1) is 0 Å². The number of ether oxygens (including phenoxy) is 1. The summed E-state index contributed by atoms with van der Waals surface area (Å²) in [4.78, 5) is 0. The van der Waals surface area contributed by atoms with Gasteiger partial charge in [0, 0.05) is 11.1 Å². The van der Waals surface area contributed by atoms with E-state index in [9.17, 15) is 0 Å². The van der Waals surface area contributed by atoms with E-state index in [-0.39, 0.29) is 6.04 Å². The highest BCUT2D eigenvalue weighted by atomic mass is 35.5. The molecule has 1 aromatic rings. The standard InChI is InChI=1S/C13H18ClNO/c1-3-12(15)8-11-4-6-13(7-5-11)16-9-10(2)14/h4-7,12H,2-3,8-9,15H2,1H3. The van der Waals surface area contributed by atoms with Gasteiger partial charge in [-0.1, -0.05) is 37.2 Å². The molecule has 0 saturated carbocycles. The van der Waals surface area contributed by atoms with Crippen LogP contribution in [-0.4, -0.2) is 12.6 Å². The number of nitrogens with two attached hydrogens (primary N) is 1. The Morgan fingerprint density at radius 1 is 1.44 bits per heavy atom. The summed E-state index contributed by atoms with van der Waals surface area (Å²) in [5, 5.41) is 0.497. The lowest BCUT2D eigenvalue weighted by atomic mass is 10.0. The second-order valence-electron chi connectivity index (χ2n) is 3.82. The molecule has 3 heteroatoms. The molecule has 0 amide bonds. The predicted molar refractivity (Wildman–Crippen MR) is 68.9 cm³/mol. The molecule has 1 atom stereocenters. The molecule has 2 N–H and O–H groups in total. The van der Waals surface area contributed by atoms with Gasteiger partial charge in [0.15, 0.2) is 0 Å². The summed E-state index contributed by atoms with van der Waals surface area (Å²) in [6, 6.07) is 8.15. The SMILES string of the molecule is C=C(Cl)COc1ccc(CC(N)CC)cc1. The normalized spacial score (nSPS) is 12.2. The van der Waals surface area contributed by atoms with Crippen molar-refractivity contribution in [3.63, 3.8) is 0 Å². The van der Waals surface area contributed by atoms with Crippen LogP contribution in [0.25, 0.3) is 0 Å². The van der Waals surface area contributed by atoms with Gasteiger partial charge in [0.25, 0.3) is 0 Å². The van der Waals surface area contributed by atoms with Gasteiger partial charge in [-0.25, -0.2) is 0 Å². The first-order valence-corrected chi connectivity index (χ1v) is 5.80. The van der Waals surface area contributed by atoms with E-state index < -0.39 is 0 Å². The first-order valence-electron chi connectivity index (χ1n) is 5.42. The summed E-state index contributed by atoms with van der Waals surface area (Å²) in [6.45, 7) is 6.00. The Balaban J connectivity index is 2.50. The predicted octanol–water partition coefficient (Wildman–Crippen LogP) is 3.10. The van der Waals surface area contributed by atoms with Crippen molar-refractivity contribution in [3.8, 4) is 5.75 Å². The maximum absolute atomic E-state index is 5.88. The molecule has 16 heavy (non-hydrogen) atoms. The molecule has 1 unspecified atom stereocenters. The van der Waals surface area contributed by atoms with Gasteiger partial charge >= 0.3 is 0 Å². The average molecular weight is 240 g/mol. The molecule has 88 valence electrons. The van der Waals surface area contributed by atoms with Gasteiger partial charge in [-0.3, -0.25) is 0 Å². The number of hydrogen-bond acceptors (Lipinski definition) is 2. The zero-order valence-electron chi connectivity index (χ0n) is 9.58. The number of rotatable bonds is 6. The molecule has 0 aliphatic rings. The quantitative estimate of drug-likeness (QED) is 0.828. The Hall–Kier alpha value is -0.990. The van der Waals surface area contributed by atoms with Gasteiger partial charge < -0.3 is 10.5 Å².